The molecule has 0 radical (unpaired) electrons. The minimum atomic E-state index is 1.00. The lowest BCUT2D eigenvalue weighted by molar-refractivity contribution is 0.575. The van der Waals surface area contributed by atoms with E-state index in [1.54, 1.807) is 0 Å². The number of rotatable bonds is 2. The van der Waals surface area contributed by atoms with E-state index >= 15 is 0 Å². The Kier molecular flexibility index (Phi) is 2.83. The van der Waals surface area contributed by atoms with Crippen LogP contribution in [0.2, 0.25) is 0 Å². The largest absolute Gasteiger partial charge is 0.461 e. The standard InChI is InChI=1S/C17H18O/c1-12-13(2)18-17-9-8-15(11-16(12)17)10-14-6-4-3-5-7-14/h4,6-9,11H,3,5,10H2,1-2H3. The molecule has 92 valence electrons. The molecular formula is C17H18O. The molecule has 0 N–H and O–H groups in total. The molecule has 0 unspecified atom stereocenters. The van der Waals surface area contributed by atoms with Gasteiger partial charge in [-0.2, -0.15) is 0 Å². The van der Waals surface area contributed by atoms with Gasteiger partial charge >= 0.3 is 0 Å². The molecule has 0 bridgehead atoms. The van der Waals surface area contributed by atoms with E-state index < -0.39 is 0 Å². The summed E-state index contributed by atoms with van der Waals surface area (Å²) in [6.07, 6.45) is 10.2. The molecule has 0 saturated heterocycles. The first kappa shape index (κ1) is 11.3. The highest BCUT2D eigenvalue weighted by Gasteiger charge is 2.08. The van der Waals surface area contributed by atoms with Crippen molar-refractivity contribution in [3.05, 3.63) is 58.9 Å². The van der Waals surface area contributed by atoms with Gasteiger partial charge < -0.3 is 4.42 Å². The van der Waals surface area contributed by atoms with Gasteiger partial charge in [0.2, 0.25) is 0 Å². The molecule has 0 spiro atoms. The molecule has 0 fully saturated rings. The summed E-state index contributed by atoms with van der Waals surface area (Å²) in [6, 6.07) is 6.54. The third-order valence-electron chi connectivity index (χ3n) is 3.72. The number of hydrogen-bond donors (Lipinski definition) is 0. The smallest absolute Gasteiger partial charge is 0.134 e. The van der Waals surface area contributed by atoms with Gasteiger partial charge in [-0.3, -0.25) is 0 Å². The normalized spacial score (nSPS) is 15.1. The van der Waals surface area contributed by atoms with Gasteiger partial charge in [-0.15, -0.1) is 0 Å². The molecule has 0 aliphatic heterocycles. The first-order valence-corrected chi connectivity index (χ1v) is 6.58. The summed E-state index contributed by atoms with van der Waals surface area (Å²) in [6.45, 7) is 4.16. The predicted octanol–water partition coefficient (Wildman–Crippen LogP) is 4.87. The van der Waals surface area contributed by atoms with Crippen molar-refractivity contribution in [2.45, 2.75) is 33.1 Å². The molecule has 2 aromatic rings. The molecule has 1 nitrogen and oxygen atoms in total. The topological polar surface area (TPSA) is 13.1 Å². The van der Waals surface area contributed by atoms with Gasteiger partial charge in [0.25, 0.3) is 0 Å². The van der Waals surface area contributed by atoms with E-state index in [0.29, 0.717) is 0 Å². The minimum absolute atomic E-state index is 1.00. The number of aryl methyl sites for hydroxylation is 2. The Morgan fingerprint density at radius 1 is 1.17 bits per heavy atom. The lowest BCUT2D eigenvalue weighted by Crippen LogP contribution is -1.91. The van der Waals surface area contributed by atoms with E-state index in [9.17, 15) is 0 Å². The Hall–Kier alpha value is -1.76. The summed E-state index contributed by atoms with van der Waals surface area (Å²) in [7, 11) is 0. The van der Waals surface area contributed by atoms with Gasteiger partial charge in [0.05, 0.1) is 0 Å². The SMILES string of the molecule is Cc1oc2ccc(CC3=CCCC=C3)cc2c1C. The number of allylic oxidation sites excluding steroid dienone is 4. The number of furan rings is 1. The number of fused-ring (bicyclic) bond motifs is 1. The van der Waals surface area contributed by atoms with Crippen LogP contribution in [0.1, 0.15) is 29.7 Å². The van der Waals surface area contributed by atoms with Crippen LogP contribution in [0.3, 0.4) is 0 Å². The van der Waals surface area contributed by atoms with Crippen LogP contribution in [0.15, 0.2) is 46.4 Å². The van der Waals surface area contributed by atoms with Crippen LogP contribution in [-0.4, -0.2) is 0 Å². The maximum atomic E-state index is 5.72. The average Bonchev–Trinajstić information content (AvgIpc) is 2.67. The van der Waals surface area contributed by atoms with Gasteiger partial charge in [-0.05, 0) is 61.9 Å². The van der Waals surface area contributed by atoms with Crippen molar-refractivity contribution >= 4 is 11.0 Å². The quantitative estimate of drug-likeness (QED) is 0.727. The fourth-order valence-electron chi connectivity index (χ4n) is 2.53. The number of hydrogen-bond acceptors (Lipinski definition) is 1. The van der Waals surface area contributed by atoms with Crippen molar-refractivity contribution in [3.8, 4) is 0 Å². The summed E-state index contributed by atoms with van der Waals surface area (Å²) in [5.74, 6) is 1.03. The molecule has 1 heterocycles. The second-order valence-corrected chi connectivity index (χ2v) is 5.05. The van der Waals surface area contributed by atoms with Gasteiger partial charge in [0.1, 0.15) is 11.3 Å². The molecule has 0 amide bonds. The van der Waals surface area contributed by atoms with Crippen molar-refractivity contribution in [2.75, 3.05) is 0 Å². The predicted molar refractivity (Wildman–Crippen MR) is 75.8 cm³/mol. The molecule has 1 heteroatoms. The summed E-state index contributed by atoms with van der Waals surface area (Å²) < 4.78 is 5.72. The van der Waals surface area contributed by atoms with E-state index in [2.05, 4.69) is 43.4 Å². The first-order chi connectivity index (χ1) is 8.74. The van der Waals surface area contributed by atoms with Gasteiger partial charge in [-0.25, -0.2) is 0 Å². The maximum absolute atomic E-state index is 5.72. The molecular weight excluding hydrogens is 220 g/mol. The van der Waals surface area contributed by atoms with Crippen LogP contribution in [0.25, 0.3) is 11.0 Å². The zero-order valence-electron chi connectivity index (χ0n) is 11.0. The number of benzene rings is 1. The molecule has 1 aliphatic carbocycles. The maximum Gasteiger partial charge on any atom is 0.134 e. The molecule has 0 saturated carbocycles. The van der Waals surface area contributed by atoms with Crippen molar-refractivity contribution in [3.63, 3.8) is 0 Å². The van der Waals surface area contributed by atoms with Crippen LogP contribution in [0.5, 0.6) is 0 Å². The zero-order chi connectivity index (χ0) is 12.5. The first-order valence-electron chi connectivity index (χ1n) is 6.58. The molecule has 18 heavy (non-hydrogen) atoms. The van der Waals surface area contributed by atoms with E-state index in [1.165, 1.54) is 34.9 Å². The molecule has 1 aliphatic rings. The summed E-state index contributed by atoms with van der Waals surface area (Å²) in [5.41, 5.74) is 5.06. The van der Waals surface area contributed by atoms with Gasteiger partial charge in [0.15, 0.2) is 0 Å². The van der Waals surface area contributed by atoms with Crippen molar-refractivity contribution < 1.29 is 4.42 Å². The summed E-state index contributed by atoms with van der Waals surface area (Å²) in [4.78, 5) is 0. The Balaban J connectivity index is 1.95. The third-order valence-corrected chi connectivity index (χ3v) is 3.72. The van der Waals surface area contributed by atoms with E-state index in [1.807, 2.05) is 6.92 Å². The van der Waals surface area contributed by atoms with Gasteiger partial charge in [-0.1, -0.05) is 24.3 Å². The fraction of sp³-hybridized carbons (Fsp3) is 0.294. The van der Waals surface area contributed by atoms with Crippen LogP contribution in [0.4, 0.5) is 0 Å². The zero-order valence-corrected chi connectivity index (χ0v) is 11.0. The molecule has 1 aromatic heterocycles. The molecule has 0 atom stereocenters. The van der Waals surface area contributed by atoms with E-state index in [4.69, 9.17) is 4.42 Å². The second kappa shape index (κ2) is 4.49. The highest BCUT2D eigenvalue weighted by Crippen LogP contribution is 2.26. The lowest BCUT2D eigenvalue weighted by Gasteiger charge is -2.07. The highest BCUT2D eigenvalue weighted by atomic mass is 16.3. The molecule has 1 aromatic carbocycles. The van der Waals surface area contributed by atoms with Crippen molar-refractivity contribution in [1.82, 2.24) is 0 Å². The van der Waals surface area contributed by atoms with Crippen LogP contribution in [0, 0.1) is 13.8 Å². The van der Waals surface area contributed by atoms with Crippen molar-refractivity contribution in [2.24, 2.45) is 0 Å². The van der Waals surface area contributed by atoms with E-state index in [0.717, 1.165) is 17.8 Å². The van der Waals surface area contributed by atoms with Crippen LogP contribution >= 0.6 is 0 Å². The molecule has 3 rings (SSSR count). The highest BCUT2D eigenvalue weighted by molar-refractivity contribution is 5.82. The van der Waals surface area contributed by atoms with Gasteiger partial charge in [0, 0.05) is 5.39 Å². The van der Waals surface area contributed by atoms with Crippen LogP contribution in [-0.2, 0) is 6.42 Å². The Labute approximate surface area is 108 Å². The summed E-state index contributed by atoms with van der Waals surface area (Å²) in [5, 5.41) is 1.25. The fourth-order valence-corrected chi connectivity index (χ4v) is 2.53. The minimum Gasteiger partial charge on any atom is -0.461 e. The van der Waals surface area contributed by atoms with Crippen LogP contribution < -0.4 is 0 Å². The third kappa shape index (κ3) is 2.01. The lowest BCUT2D eigenvalue weighted by atomic mass is 9.98. The average molecular weight is 238 g/mol. The Morgan fingerprint density at radius 3 is 2.83 bits per heavy atom. The monoisotopic (exact) mass is 238 g/mol. The van der Waals surface area contributed by atoms with E-state index in [-0.39, 0.29) is 0 Å². The Bertz CT molecular complexity index is 641. The second-order valence-electron chi connectivity index (χ2n) is 5.05. The summed E-state index contributed by atoms with van der Waals surface area (Å²) >= 11 is 0. The Morgan fingerprint density at radius 2 is 2.06 bits per heavy atom. The van der Waals surface area contributed by atoms with Crippen molar-refractivity contribution in [1.29, 1.82) is 0 Å².